The van der Waals surface area contributed by atoms with Gasteiger partial charge in [-0.2, -0.15) is 0 Å². The van der Waals surface area contributed by atoms with Crippen LogP contribution in [0.3, 0.4) is 0 Å². The molecular formula is C58H70N12O6. The van der Waals surface area contributed by atoms with Gasteiger partial charge >= 0.3 is 0 Å². The molecule has 3 atom stereocenters. The highest BCUT2D eigenvalue weighted by molar-refractivity contribution is 5.99. The molecule has 3 heterocycles. The van der Waals surface area contributed by atoms with E-state index in [1.54, 1.807) is 110 Å². The summed E-state index contributed by atoms with van der Waals surface area (Å²) in [4.78, 5) is 93.1. The van der Waals surface area contributed by atoms with E-state index in [4.69, 9.17) is 17.2 Å². The topological polar surface area (TPSA) is 291 Å². The molecule has 6 amide bonds. The number of hydrogen-bond acceptors (Lipinski definition) is 12. The van der Waals surface area contributed by atoms with Gasteiger partial charge in [0.25, 0.3) is 0 Å². The molecule has 0 saturated heterocycles. The number of amides is 6. The minimum Gasteiger partial charge on any atom is -0.344 e. The Morgan fingerprint density at radius 3 is 0.882 bits per heavy atom. The molecule has 0 aliphatic rings. The standard InChI is InChI=1S/C58H70N12O6/c59-31-7-1-16-49(68-52(71)37-46-13-4-10-34-62-46)56(74)65-43-25-19-40(20-26-43)55(41-21-27-44(28-22-41)66-57(75)50(17-2-8-32-60)69-53(72)38-47-14-5-11-35-63-47)42-23-29-45(30-24-42)67-58(76)51(18-3-9-33-61)70-54(73)39-48-15-6-12-36-64-48/h4-6,10-15,19-30,34-36,49-51,55H,1-3,7-9,16-18,31-33,37-39,59-61H2,(H,65,74)(H,66,75)(H,67,76)(H,68,71)(H,69,72)(H,70,73)/t49-,50-,51+/m1/s1. The van der Waals surface area contributed by atoms with Gasteiger partial charge in [0, 0.05) is 58.7 Å². The molecule has 0 aliphatic heterocycles. The fraction of sp³-hybridized carbons (Fsp3) is 0.328. The lowest BCUT2D eigenvalue weighted by Gasteiger charge is -2.22. The normalized spacial score (nSPS) is 12.2. The van der Waals surface area contributed by atoms with Gasteiger partial charge in [0.15, 0.2) is 0 Å². The largest absolute Gasteiger partial charge is 0.344 e. The smallest absolute Gasteiger partial charge is 0.246 e. The van der Waals surface area contributed by atoms with Gasteiger partial charge in [-0.3, -0.25) is 43.7 Å². The lowest BCUT2D eigenvalue weighted by Crippen LogP contribution is -2.44. The SMILES string of the molecule is NCCCC[C@H](NC(=O)Cc1ccccn1)C(=O)Nc1ccc(C(c2ccc(NC(=O)[C@@H](CCCCN)NC(=O)Cc3ccccn3)cc2)c2ccc(NC(=O)[C@@H](CCCCN)NC(=O)Cc3ccccn3)cc2)cc1. The van der Waals surface area contributed by atoms with E-state index in [1.165, 1.54) is 0 Å². The first-order valence-corrected chi connectivity index (χ1v) is 25.9. The summed E-state index contributed by atoms with van der Waals surface area (Å²) in [6.45, 7) is 1.38. The number of anilines is 3. The van der Waals surface area contributed by atoms with Crippen molar-refractivity contribution in [2.45, 2.75) is 101 Å². The summed E-state index contributed by atoms with van der Waals surface area (Å²) < 4.78 is 0. The van der Waals surface area contributed by atoms with Crippen molar-refractivity contribution in [3.63, 3.8) is 0 Å². The second-order valence-corrected chi connectivity index (χ2v) is 18.5. The minimum absolute atomic E-state index is 0.0286. The number of rotatable bonds is 30. The Bertz CT molecular complexity index is 2450. The molecule has 12 N–H and O–H groups in total. The number of nitrogens with one attached hydrogen (secondary N) is 6. The third-order valence-electron chi connectivity index (χ3n) is 12.5. The number of hydrogen-bond donors (Lipinski definition) is 9. The van der Waals surface area contributed by atoms with E-state index in [9.17, 15) is 28.8 Å². The number of unbranched alkanes of at least 4 members (excludes halogenated alkanes) is 3. The molecular weight excluding hydrogens is 961 g/mol. The molecule has 76 heavy (non-hydrogen) atoms. The van der Waals surface area contributed by atoms with Crippen molar-refractivity contribution in [3.8, 4) is 0 Å². The summed E-state index contributed by atoms with van der Waals surface area (Å²) >= 11 is 0. The van der Waals surface area contributed by atoms with Gasteiger partial charge < -0.3 is 49.1 Å². The maximum atomic E-state index is 13.8. The monoisotopic (exact) mass is 1030 g/mol. The van der Waals surface area contributed by atoms with Crippen LogP contribution in [0, 0.1) is 0 Å². The number of carbonyl (C=O) groups is 6. The maximum absolute atomic E-state index is 13.8. The molecule has 6 rings (SSSR count). The maximum Gasteiger partial charge on any atom is 0.246 e. The number of pyridine rings is 3. The summed E-state index contributed by atoms with van der Waals surface area (Å²) in [6.07, 6.45) is 10.1. The zero-order chi connectivity index (χ0) is 53.9. The quantitative estimate of drug-likeness (QED) is 0.0202. The van der Waals surface area contributed by atoms with Gasteiger partial charge in [0.05, 0.1) is 19.3 Å². The molecule has 3 aromatic carbocycles. The Balaban J connectivity index is 1.22. The van der Waals surface area contributed by atoms with E-state index >= 15 is 0 Å². The van der Waals surface area contributed by atoms with E-state index in [2.05, 4.69) is 46.9 Å². The van der Waals surface area contributed by atoms with Crippen LogP contribution < -0.4 is 49.1 Å². The Labute approximate surface area is 444 Å². The Morgan fingerprint density at radius 1 is 0.368 bits per heavy atom. The van der Waals surface area contributed by atoms with Gasteiger partial charge in [-0.25, -0.2) is 0 Å². The molecule has 6 aromatic rings. The highest BCUT2D eigenvalue weighted by Crippen LogP contribution is 2.34. The fourth-order valence-corrected chi connectivity index (χ4v) is 8.56. The van der Waals surface area contributed by atoms with E-state index in [1.807, 2.05) is 36.4 Å². The molecule has 18 heteroatoms. The predicted molar refractivity (Wildman–Crippen MR) is 294 cm³/mol. The molecule has 0 aliphatic carbocycles. The van der Waals surface area contributed by atoms with Gasteiger partial charge in [0.1, 0.15) is 18.1 Å². The van der Waals surface area contributed by atoms with Crippen LogP contribution >= 0.6 is 0 Å². The number of nitrogens with zero attached hydrogens (tertiary/aromatic N) is 3. The van der Waals surface area contributed by atoms with Crippen LogP contribution in [0.1, 0.15) is 97.5 Å². The zero-order valence-corrected chi connectivity index (χ0v) is 42.8. The Morgan fingerprint density at radius 2 is 0.645 bits per heavy atom. The first-order chi connectivity index (χ1) is 37.0. The lowest BCUT2D eigenvalue weighted by molar-refractivity contribution is -0.126. The van der Waals surface area contributed by atoms with Gasteiger partial charge in [-0.05, 0) is 167 Å². The van der Waals surface area contributed by atoms with Crippen LogP contribution in [0.2, 0.25) is 0 Å². The zero-order valence-electron chi connectivity index (χ0n) is 42.8. The van der Waals surface area contributed by atoms with E-state index in [-0.39, 0.29) is 60.6 Å². The highest BCUT2D eigenvalue weighted by Gasteiger charge is 2.25. The first-order valence-electron chi connectivity index (χ1n) is 25.9. The molecule has 18 nitrogen and oxygen atoms in total. The van der Waals surface area contributed by atoms with Crippen LogP contribution in [0.15, 0.2) is 146 Å². The molecule has 3 aromatic heterocycles. The third kappa shape index (κ3) is 18.9. The summed E-state index contributed by atoms with van der Waals surface area (Å²) in [6, 6.07) is 35.8. The molecule has 0 radical (unpaired) electrons. The predicted octanol–water partition coefficient (Wildman–Crippen LogP) is 5.44. The lowest BCUT2D eigenvalue weighted by atomic mass is 9.85. The van der Waals surface area contributed by atoms with Crippen molar-refractivity contribution in [3.05, 3.63) is 180 Å². The summed E-state index contributed by atoms with van der Waals surface area (Å²) in [5, 5.41) is 17.6. The molecule has 0 fully saturated rings. The van der Waals surface area contributed by atoms with Crippen LogP contribution in [-0.4, -0.2) is 88.2 Å². The Kier molecular flexibility index (Phi) is 23.2. The van der Waals surface area contributed by atoms with Crippen molar-refractivity contribution in [1.29, 1.82) is 0 Å². The van der Waals surface area contributed by atoms with Crippen molar-refractivity contribution < 1.29 is 28.8 Å². The number of nitrogens with two attached hydrogens (primary N) is 3. The van der Waals surface area contributed by atoms with Crippen molar-refractivity contribution in [2.24, 2.45) is 17.2 Å². The fourth-order valence-electron chi connectivity index (χ4n) is 8.56. The van der Waals surface area contributed by atoms with Crippen LogP contribution in [0.4, 0.5) is 17.1 Å². The van der Waals surface area contributed by atoms with Crippen LogP contribution in [-0.2, 0) is 48.0 Å². The van der Waals surface area contributed by atoms with Crippen molar-refractivity contribution in [1.82, 2.24) is 30.9 Å². The molecule has 0 unspecified atom stereocenters. The average Bonchev–Trinajstić information content (AvgIpc) is 3.42. The van der Waals surface area contributed by atoms with Crippen molar-refractivity contribution >= 4 is 52.5 Å². The van der Waals surface area contributed by atoms with E-state index in [0.717, 1.165) is 16.7 Å². The van der Waals surface area contributed by atoms with Crippen LogP contribution in [0.25, 0.3) is 0 Å². The summed E-state index contributed by atoms with van der Waals surface area (Å²) in [5.74, 6) is -2.44. The highest BCUT2D eigenvalue weighted by atomic mass is 16.2. The minimum atomic E-state index is -0.804. The van der Waals surface area contributed by atoms with Crippen molar-refractivity contribution in [2.75, 3.05) is 35.6 Å². The second-order valence-electron chi connectivity index (χ2n) is 18.5. The number of carbonyl (C=O) groups excluding carboxylic acids is 6. The average molecular weight is 1030 g/mol. The summed E-state index contributed by atoms with van der Waals surface area (Å²) in [7, 11) is 0. The first kappa shape index (κ1) is 57.1. The second kappa shape index (κ2) is 30.9. The molecule has 0 saturated carbocycles. The molecule has 0 spiro atoms. The Hall–Kier alpha value is -8.19. The molecule has 398 valence electrons. The number of benzene rings is 3. The van der Waals surface area contributed by atoms with Crippen LogP contribution in [0.5, 0.6) is 0 Å². The van der Waals surface area contributed by atoms with E-state index in [0.29, 0.717) is 112 Å². The van der Waals surface area contributed by atoms with E-state index < -0.39 is 18.1 Å². The molecule has 0 bridgehead atoms. The van der Waals surface area contributed by atoms with Gasteiger partial charge in [-0.1, -0.05) is 54.6 Å². The summed E-state index contributed by atoms with van der Waals surface area (Å²) in [5.41, 5.74) is 23.2. The third-order valence-corrected chi connectivity index (χ3v) is 12.5. The van der Waals surface area contributed by atoms with Gasteiger partial charge in [-0.15, -0.1) is 0 Å². The number of aromatic nitrogens is 3. The van der Waals surface area contributed by atoms with Gasteiger partial charge in [0.2, 0.25) is 35.4 Å².